The average molecular weight is 286 g/mol. The number of aromatic nitrogens is 1. The number of rotatable bonds is 3. The zero-order chi connectivity index (χ0) is 14.2. The Bertz CT molecular complexity index is 578. The second-order valence-corrected chi connectivity index (χ2v) is 7.10. The van der Waals surface area contributed by atoms with Gasteiger partial charge in [0.25, 0.3) is 0 Å². The van der Waals surface area contributed by atoms with Crippen LogP contribution in [0.5, 0.6) is 0 Å². The second-order valence-electron chi connectivity index (χ2n) is 5.16. The predicted molar refractivity (Wildman–Crippen MR) is 69.5 cm³/mol. The molecule has 0 radical (unpaired) electrons. The number of nitrogens with one attached hydrogen (secondary N) is 1. The molecule has 0 spiro atoms. The standard InChI is InChI=1S/C12H18N2O4S/c1-8-3-4-14(7-9(8)2)19(17,18)10-5-11(12(15)16)13-6-10/h5-6,8-9,13H,3-4,7H2,1-2H3,(H,15,16). The third-order valence-electron chi connectivity index (χ3n) is 3.82. The van der Waals surface area contributed by atoms with Crippen molar-refractivity contribution in [2.24, 2.45) is 11.8 Å². The van der Waals surface area contributed by atoms with E-state index in [0.717, 1.165) is 6.42 Å². The van der Waals surface area contributed by atoms with Crippen LogP contribution in [0.15, 0.2) is 17.2 Å². The average Bonchev–Trinajstić information content (AvgIpc) is 2.82. The molecule has 0 aliphatic carbocycles. The van der Waals surface area contributed by atoms with Crippen LogP contribution < -0.4 is 0 Å². The van der Waals surface area contributed by atoms with Gasteiger partial charge in [0.05, 0.1) is 0 Å². The molecule has 1 fully saturated rings. The van der Waals surface area contributed by atoms with Crippen molar-refractivity contribution in [1.82, 2.24) is 9.29 Å². The highest BCUT2D eigenvalue weighted by molar-refractivity contribution is 7.89. The first-order valence-corrected chi connectivity index (χ1v) is 7.68. The molecule has 0 aromatic carbocycles. The van der Waals surface area contributed by atoms with Crippen molar-refractivity contribution < 1.29 is 18.3 Å². The van der Waals surface area contributed by atoms with Gasteiger partial charge in [0, 0.05) is 19.3 Å². The van der Waals surface area contributed by atoms with Crippen molar-refractivity contribution in [3.63, 3.8) is 0 Å². The minimum Gasteiger partial charge on any atom is -0.477 e. The van der Waals surface area contributed by atoms with Crippen molar-refractivity contribution >= 4 is 16.0 Å². The number of carboxylic acids is 1. The van der Waals surface area contributed by atoms with Gasteiger partial charge in [-0.05, 0) is 24.3 Å². The lowest BCUT2D eigenvalue weighted by Crippen LogP contribution is -2.42. The molecule has 0 saturated carbocycles. The summed E-state index contributed by atoms with van der Waals surface area (Å²) in [4.78, 5) is 13.3. The number of aromatic carboxylic acids is 1. The van der Waals surface area contributed by atoms with Crippen LogP contribution in [0, 0.1) is 11.8 Å². The molecule has 106 valence electrons. The molecule has 0 bridgehead atoms. The lowest BCUT2D eigenvalue weighted by atomic mass is 9.90. The predicted octanol–water partition coefficient (Wildman–Crippen LogP) is 1.38. The fraction of sp³-hybridized carbons (Fsp3) is 0.583. The fourth-order valence-corrected chi connectivity index (χ4v) is 3.79. The maximum absolute atomic E-state index is 12.4. The number of carboxylic acid groups (broad SMARTS) is 1. The highest BCUT2D eigenvalue weighted by Crippen LogP contribution is 2.27. The molecule has 1 aromatic rings. The summed E-state index contributed by atoms with van der Waals surface area (Å²) in [6.07, 6.45) is 2.07. The van der Waals surface area contributed by atoms with Crippen molar-refractivity contribution in [1.29, 1.82) is 0 Å². The largest absolute Gasteiger partial charge is 0.477 e. The fourth-order valence-electron chi connectivity index (χ4n) is 2.24. The quantitative estimate of drug-likeness (QED) is 0.878. The van der Waals surface area contributed by atoms with Gasteiger partial charge in [-0.1, -0.05) is 13.8 Å². The van der Waals surface area contributed by atoms with Crippen LogP contribution in [-0.4, -0.2) is 41.9 Å². The maximum Gasteiger partial charge on any atom is 0.352 e. The highest BCUT2D eigenvalue weighted by Gasteiger charge is 2.32. The highest BCUT2D eigenvalue weighted by atomic mass is 32.2. The molecular weight excluding hydrogens is 268 g/mol. The van der Waals surface area contributed by atoms with Crippen LogP contribution in [0.4, 0.5) is 0 Å². The van der Waals surface area contributed by atoms with Gasteiger partial charge in [0.15, 0.2) is 0 Å². The molecule has 2 heterocycles. The summed E-state index contributed by atoms with van der Waals surface area (Å²) in [6, 6.07) is 1.17. The van der Waals surface area contributed by atoms with Crippen LogP contribution in [0.25, 0.3) is 0 Å². The van der Waals surface area contributed by atoms with Gasteiger partial charge in [-0.25, -0.2) is 13.2 Å². The normalized spacial score (nSPS) is 25.4. The molecule has 1 aliphatic rings. The molecule has 1 aromatic heterocycles. The Morgan fingerprint density at radius 3 is 2.63 bits per heavy atom. The molecule has 1 aliphatic heterocycles. The summed E-state index contributed by atoms with van der Waals surface area (Å²) in [5.41, 5.74) is -0.114. The van der Waals surface area contributed by atoms with Crippen molar-refractivity contribution in [2.45, 2.75) is 25.2 Å². The van der Waals surface area contributed by atoms with Crippen LogP contribution in [0.2, 0.25) is 0 Å². The Kier molecular flexibility index (Phi) is 3.69. The van der Waals surface area contributed by atoms with Gasteiger partial charge in [0.2, 0.25) is 10.0 Å². The van der Waals surface area contributed by atoms with E-state index < -0.39 is 16.0 Å². The molecule has 2 atom stereocenters. The van der Waals surface area contributed by atoms with E-state index in [1.807, 2.05) is 6.92 Å². The summed E-state index contributed by atoms with van der Waals surface area (Å²) in [5.74, 6) is -0.351. The topological polar surface area (TPSA) is 90.5 Å². The van der Waals surface area contributed by atoms with Gasteiger partial charge in [0.1, 0.15) is 10.6 Å². The lowest BCUT2D eigenvalue weighted by Gasteiger charge is -2.34. The number of piperidine rings is 1. The molecule has 19 heavy (non-hydrogen) atoms. The van der Waals surface area contributed by atoms with Gasteiger partial charge in [-0.2, -0.15) is 4.31 Å². The third-order valence-corrected chi connectivity index (χ3v) is 5.66. The summed E-state index contributed by atoms with van der Waals surface area (Å²) in [6.45, 7) is 5.12. The maximum atomic E-state index is 12.4. The van der Waals surface area contributed by atoms with Gasteiger partial charge in [-0.15, -0.1) is 0 Å². The summed E-state index contributed by atoms with van der Waals surface area (Å²) in [5, 5.41) is 8.81. The smallest absolute Gasteiger partial charge is 0.352 e. The Balaban J connectivity index is 2.24. The van der Waals surface area contributed by atoms with E-state index in [0.29, 0.717) is 24.9 Å². The van der Waals surface area contributed by atoms with Crippen LogP contribution in [0.1, 0.15) is 30.8 Å². The monoisotopic (exact) mass is 286 g/mol. The van der Waals surface area contributed by atoms with E-state index in [4.69, 9.17) is 5.11 Å². The molecule has 7 heteroatoms. The van der Waals surface area contributed by atoms with Crippen molar-refractivity contribution in [3.8, 4) is 0 Å². The zero-order valence-electron chi connectivity index (χ0n) is 11.0. The second kappa shape index (κ2) is 4.97. The minimum atomic E-state index is -3.59. The first-order chi connectivity index (χ1) is 8.82. The number of hydrogen-bond acceptors (Lipinski definition) is 3. The Morgan fingerprint density at radius 2 is 2.11 bits per heavy atom. The number of carbonyl (C=O) groups is 1. The van der Waals surface area contributed by atoms with E-state index in [2.05, 4.69) is 11.9 Å². The van der Waals surface area contributed by atoms with Crippen LogP contribution >= 0.6 is 0 Å². The Morgan fingerprint density at radius 1 is 1.42 bits per heavy atom. The summed E-state index contributed by atoms with van der Waals surface area (Å²) in [7, 11) is -3.59. The SMILES string of the molecule is CC1CCN(S(=O)(=O)c2c[nH]c(C(=O)O)c2)CC1C. The van der Waals surface area contributed by atoms with Crippen molar-refractivity contribution in [3.05, 3.63) is 18.0 Å². The first kappa shape index (κ1) is 14.1. The molecule has 1 saturated heterocycles. The van der Waals surface area contributed by atoms with E-state index in [-0.39, 0.29) is 10.6 Å². The minimum absolute atomic E-state index is 0.0200. The van der Waals surface area contributed by atoms with E-state index >= 15 is 0 Å². The first-order valence-electron chi connectivity index (χ1n) is 6.24. The molecule has 2 rings (SSSR count). The van der Waals surface area contributed by atoms with Crippen LogP contribution in [-0.2, 0) is 10.0 Å². The summed E-state index contributed by atoms with van der Waals surface area (Å²) >= 11 is 0. The zero-order valence-corrected chi connectivity index (χ0v) is 11.8. The van der Waals surface area contributed by atoms with Crippen LogP contribution in [0.3, 0.4) is 0 Å². The summed E-state index contributed by atoms with van der Waals surface area (Å²) < 4.78 is 26.2. The van der Waals surface area contributed by atoms with Gasteiger partial charge >= 0.3 is 5.97 Å². The van der Waals surface area contributed by atoms with E-state index in [9.17, 15) is 13.2 Å². The molecule has 2 N–H and O–H groups in total. The molecule has 0 amide bonds. The third kappa shape index (κ3) is 2.66. The molecule has 2 unspecified atom stereocenters. The van der Waals surface area contributed by atoms with E-state index in [1.165, 1.54) is 16.6 Å². The van der Waals surface area contributed by atoms with Gasteiger partial charge in [-0.3, -0.25) is 0 Å². The molecule has 6 nitrogen and oxygen atoms in total. The number of sulfonamides is 1. The van der Waals surface area contributed by atoms with Gasteiger partial charge < -0.3 is 10.1 Å². The Hall–Kier alpha value is -1.34. The van der Waals surface area contributed by atoms with Crippen molar-refractivity contribution in [2.75, 3.05) is 13.1 Å². The lowest BCUT2D eigenvalue weighted by molar-refractivity contribution is 0.0691. The number of hydrogen-bond donors (Lipinski definition) is 2. The Labute approximate surface area is 112 Å². The number of H-pyrrole nitrogens is 1. The molecular formula is C12H18N2O4S. The number of aromatic amines is 1. The van der Waals surface area contributed by atoms with E-state index in [1.54, 1.807) is 0 Å². The number of nitrogens with zero attached hydrogens (tertiary/aromatic N) is 1.